The number of halogens is 1. The maximum Gasteiger partial charge on any atom is 0.269 e. The molecule has 0 aliphatic carbocycles. The molecule has 1 aromatic heterocycles. The van der Waals surface area contributed by atoms with E-state index in [0.717, 1.165) is 16.8 Å². The highest BCUT2D eigenvalue weighted by atomic mass is 19.1. The fraction of sp³-hybridized carbons (Fsp3) is 0.0833. The highest BCUT2D eigenvalue weighted by Crippen LogP contribution is 2.23. The van der Waals surface area contributed by atoms with E-state index in [0.29, 0.717) is 23.7 Å². The molecule has 0 aliphatic rings. The molecule has 150 valence electrons. The number of aromatic nitrogens is 2. The summed E-state index contributed by atoms with van der Waals surface area (Å²) in [5.41, 5.74) is 3.07. The second kappa shape index (κ2) is 8.61. The molecule has 30 heavy (non-hydrogen) atoms. The minimum Gasteiger partial charge on any atom is -0.457 e. The Hall–Kier alpha value is -3.93. The molecule has 1 heterocycles. The summed E-state index contributed by atoms with van der Waals surface area (Å²) in [6, 6.07) is 24.7. The number of carbonyl (C=O) groups excluding carboxylic acids is 1. The number of rotatable bonds is 6. The Morgan fingerprint density at radius 3 is 2.50 bits per heavy atom. The summed E-state index contributed by atoms with van der Waals surface area (Å²) in [6.07, 6.45) is 0. The quantitative estimate of drug-likeness (QED) is 0.497. The van der Waals surface area contributed by atoms with Crippen LogP contribution in [-0.2, 0) is 13.6 Å². The topological polar surface area (TPSA) is 56.2 Å². The second-order valence-electron chi connectivity index (χ2n) is 6.79. The molecular formula is C24H20FN3O2. The summed E-state index contributed by atoms with van der Waals surface area (Å²) in [5, 5.41) is 7.35. The van der Waals surface area contributed by atoms with Gasteiger partial charge in [0, 0.05) is 19.2 Å². The van der Waals surface area contributed by atoms with Crippen molar-refractivity contribution in [3.05, 3.63) is 102 Å². The van der Waals surface area contributed by atoms with Gasteiger partial charge in [-0.05, 0) is 48.0 Å². The second-order valence-corrected chi connectivity index (χ2v) is 6.79. The first-order valence-corrected chi connectivity index (χ1v) is 9.48. The first kappa shape index (κ1) is 19.4. The van der Waals surface area contributed by atoms with Gasteiger partial charge in [0.15, 0.2) is 0 Å². The largest absolute Gasteiger partial charge is 0.457 e. The number of nitrogens with zero attached hydrogens (tertiary/aromatic N) is 2. The van der Waals surface area contributed by atoms with Crippen LogP contribution in [0.15, 0.2) is 84.9 Å². The van der Waals surface area contributed by atoms with E-state index in [4.69, 9.17) is 4.74 Å². The summed E-state index contributed by atoms with van der Waals surface area (Å²) in [5.74, 6) is 0.627. The Bertz CT molecular complexity index is 1150. The third kappa shape index (κ3) is 4.55. The maximum atomic E-state index is 13.0. The van der Waals surface area contributed by atoms with Crippen molar-refractivity contribution in [2.75, 3.05) is 0 Å². The van der Waals surface area contributed by atoms with Crippen molar-refractivity contribution in [3.8, 4) is 22.8 Å². The molecule has 0 fully saturated rings. The Kier molecular flexibility index (Phi) is 5.57. The Labute approximate surface area is 173 Å². The van der Waals surface area contributed by atoms with E-state index in [2.05, 4.69) is 10.4 Å². The van der Waals surface area contributed by atoms with Crippen LogP contribution in [0.2, 0.25) is 0 Å². The highest BCUT2D eigenvalue weighted by molar-refractivity contribution is 5.93. The van der Waals surface area contributed by atoms with Gasteiger partial charge in [-0.25, -0.2) is 4.39 Å². The summed E-state index contributed by atoms with van der Waals surface area (Å²) in [6.45, 7) is 0.339. The minimum absolute atomic E-state index is 0.211. The number of hydrogen-bond acceptors (Lipinski definition) is 3. The molecule has 0 saturated carbocycles. The zero-order valence-electron chi connectivity index (χ0n) is 16.4. The number of aryl methyl sites for hydroxylation is 1. The highest BCUT2D eigenvalue weighted by Gasteiger charge is 2.14. The molecule has 0 saturated heterocycles. The summed E-state index contributed by atoms with van der Waals surface area (Å²) >= 11 is 0. The fourth-order valence-electron chi connectivity index (χ4n) is 3.06. The lowest BCUT2D eigenvalue weighted by Gasteiger charge is -2.09. The van der Waals surface area contributed by atoms with Gasteiger partial charge < -0.3 is 10.1 Å². The molecule has 0 atom stereocenters. The van der Waals surface area contributed by atoms with Crippen molar-refractivity contribution in [1.82, 2.24) is 15.1 Å². The maximum absolute atomic E-state index is 13.0. The zero-order chi connectivity index (χ0) is 20.9. The predicted molar refractivity (Wildman–Crippen MR) is 113 cm³/mol. The lowest BCUT2D eigenvalue weighted by atomic mass is 10.1. The minimum atomic E-state index is -0.315. The van der Waals surface area contributed by atoms with Crippen molar-refractivity contribution < 1.29 is 13.9 Å². The molecule has 3 aromatic carbocycles. The van der Waals surface area contributed by atoms with Crippen LogP contribution in [0.4, 0.5) is 4.39 Å². The number of hydrogen-bond donors (Lipinski definition) is 1. The van der Waals surface area contributed by atoms with Crippen molar-refractivity contribution in [2.45, 2.75) is 6.54 Å². The molecule has 1 N–H and O–H groups in total. The lowest BCUT2D eigenvalue weighted by Crippen LogP contribution is -2.25. The molecular weight excluding hydrogens is 381 g/mol. The van der Waals surface area contributed by atoms with Crippen molar-refractivity contribution in [3.63, 3.8) is 0 Å². The number of carbonyl (C=O) groups is 1. The third-order valence-corrected chi connectivity index (χ3v) is 4.58. The molecule has 6 heteroatoms. The molecule has 0 spiro atoms. The number of amides is 1. The summed E-state index contributed by atoms with van der Waals surface area (Å²) in [7, 11) is 1.75. The molecule has 4 rings (SSSR count). The van der Waals surface area contributed by atoms with E-state index < -0.39 is 0 Å². The Balaban J connectivity index is 1.42. The Morgan fingerprint density at radius 2 is 1.73 bits per heavy atom. The van der Waals surface area contributed by atoms with Crippen molar-refractivity contribution in [1.29, 1.82) is 0 Å². The molecule has 0 aliphatic heterocycles. The van der Waals surface area contributed by atoms with Gasteiger partial charge in [-0.1, -0.05) is 42.5 Å². The van der Waals surface area contributed by atoms with Crippen LogP contribution in [0.25, 0.3) is 11.3 Å². The SMILES string of the molecule is Cn1nc(-c2ccccc2)cc1C(=O)NCc1cccc(Oc2ccc(F)cc2)c1. The van der Waals surface area contributed by atoms with Crippen LogP contribution in [0.1, 0.15) is 16.1 Å². The predicted octanol–water partition coefficient (Wildman–Crippen LogP) is 4.95. The van der Waals surface area contributed by atoms with Gasteiger partial charge in [0.1, 0.15) is 23.0 Å². The van der Waals surface area contributed by atoms with Crippen LogP contribution in [0.3, 0.4) is 0 Å². The molecule has 0 bridgehead atoms. The van der Waals surface area contributed by atoms with Crippen molar-refractivity contribution in [2.24, 2.45) is 7.05 Å². The van der Waals surface area contributed by atoms with E-state index in [1.165, 1.54) is 12.1 Å². The van der Waals surface area contributed by atoms with Crippen LogP contribution in [0.5, 0.6) is 11.5 Å². The Morgan fingerprint density at radius 1 is 0.967 bits per heavy atom. The normalized spacial score (nSPS) is 10.6. The standard InChI is InChI=1S/C24H20FN3O2/c1-28-23(15-22(27-28)18-7-3-2-4-8-18)24(29)26-16-17-6-5-9-21(14-17)30-20-12-10-19(25)11-13-20/h2-15H,16H2,1H3,(H,26,29). The fourth-order valence-corrected chi connectivity index (χ4v) is 3.06. The molecule has 1 amide bonds. The summed E-state index contributed by atoms with van der Waals surface area (Å²) in [4.78, 5) is 12.7. The van der Waals surface area contributed by atoms with Gasteiger partial charge >= 0.3 is 0 Å². The van der Waals surface area contributed by atoms with Gasteiger partial charge in [-0.2, -0.15) is 5.10 Å². The average molecular weight is 401 g/mol. The third-order valence-electron chi connectivity index (χ3n) is 4.58. The molecule has 5 nitrogen and oxygen atoms in total. The first-order valence-electron chi connectivity index (χ1n) is 9.48. The number of nitrogens with one attached hydrogen (secondary N) is 1. The van der Waals surface area contributed by atoms with Gasteiger partial charge in [-0.15, -0.1) is 0 Å². The monoisotopic (exact) mass is 401 g/mol. The van der Waals surface area contributed by atoms with Crippen LogP contribution in [0, 0.1) is 5.82 Å². The van der Waals surface area contributed by atoms with Crippen LogP contribution < -0.4 is 10.1 Å². The van der Waals surface area contributed by atoms with E-state index in [-0.39, 0.29) is 11.7 Å². The van der Waals surface area contributed by atoms with Gasteiger partial charge in [0.25, 0.3) is 5.91 Å². The van der Waals surface area contributed by atoms with E-state index >= 15 is 0 Å². The van der Waals surface area contributed by atoms with Crippen LogP contribution in [-0.4, -0.2) is 15.7 Å². The van der Waals surface area contributed by atoms with Crippen LogP contribution >= 0.6 is 0 Å². The first-order chi connectivity index (χ1) is 14.6. The van der Waals surface area contributed by atoms with E-state index in [1.807, 2.05) is 54.6 Å². The number of benzene rings is 3. The molecule has 0 unspecified atom stereocenters. The lowest BCUT2D eigenvalue weighted by molar-refractivity contribution is 0.0941. The number of ether oxygens (including phenoxy) is 1. The summed E-state index contributed by atoms with van der Waals surface area (Å²) < 4.78 is 20.3. The molecule has 4 aromatic rings. The van der Waals surface area contributed by atoms with E-state index in [1.54, 1.807) is 29.9 Å². The van der Waals surface area contributed by atoms with Gasteiger partial charge in [0.05, 0.1) is 5.69 Å². The average Bonchev–Trinajstić information content (AvgIpc) is 3.16. The smallest absolute Gasteiger partial charge is 0.269 e. The zero-order valence-corrected chi connectivity index (χ0v) is 16.4. The van der Waals surface area contributed by atoms with E-state index in [9.17, 15) is 9.18 Å². The molecule has 0 radical (unpaired) electrons. The van der Waals surface area contributed by atoms with Gasteiger partial charge in [-0.3, -0.25) is 9.48 Å². The van der Waals surface area contributed by atoms with Crippen molar-refractivity contribution >= 4 is 5.91 Å². The van der Waals surface area contributed by atoms with Gasteiger partial charge in [0.2, 0.25) is 0 Å².